The Balaban J connectivity index is 3.47. The van der Waals surface area contributed by atoms with Crippen LogP contribution in [0.4, 0.5) is 4.79 Å². The van der Waals surface area contributed by atoms with E-state index in [1.165, 1.54) is 0 Å². The van der Waals surface area contributed by atoms with Gasteiger partial charge < -0.3 is 10.1 Å². The predicted molar refractivity (Wildman–Crippen MR) is 46.8 cm³/mol. The zero-order chi connectivity index (χ0) is 9.61. The summed E-state index contributed by atoms with van der Waals surface area (Å²) in [6.07, 6.45) is 0.259. The Bertz CT molecular complexity index is 140. The number of hydrogen-bond donors (Lipinski definition) is 1. The van der Waals surface area contributed by atoms with Gasteiger partial charge in [0.2, 0.25) is 0 Å². The van der Waals surface area contributed by atoms with Crippen LogP contribution in [0.3, 0.4) is 0 Å². The van der Waals surface area contributed by atoms with E-state index in [1.807, 2.05) is 20.8 Å². The number of rotatable bonds is 3. The van der Waals surface area contributed by atoms with Crippen LogP contribution in [-0.2, 0) is 4.74 Å². The molecule has 0 heterocycles. The molecule has 4 heteroatoms. The Kier molecular flexibility index (Phi) is 4.66. The molecule has 2 N–H and O–H groups in total. The largest absolute Gasteiger partial charge is 0.444 e. The Hall–Kier alpha value is -0.770. The summed E-state index contributed by atoms with van der Waals surface area (Å²) in [7, 11) is 0. The Morgan fingerprint density at radius 2 is 2.08 bits per heavy atom. The summed E-state index contributed by atoms with van der Waals surface area (Å²) in [5.74, 6) is 0. The minimum atomic E-state index is -0.439. The summed E-state index contributed by atoms with van der Waals surface area (Å²) in [6, 6.07) is 0. The number of carbonyl (C=O) groups is 1. The molecule has 0 aliphatic carbocycles. The lowest BCUT2D eigenvalue weighted by molar-refractivity contribution is 0.0527. The van der Waals surface area contributed by atoms with Gasteiger partial charge in [-0.25, -0.2) is 4.79 Å². The SMILES string of the molecule is CC(C)(C)OC(=O)NCCC[NH]. The molecule has 0 aromatic carbocycles. The van der Waals surface area contributed by atoms with Gasteiger partial charge in [0, 0.05) is 13.1 Å². The van der Waals surface area contributed by atoms with E-state index in [9.17, 15) is 4.79 Å². The number of nitrogens with one attached hydrogen (secondary N) is 2. The lowest BCUT2D eigenvalue weighted by atomic mass is 10.2. The van der Waals surface area contributed by atoms with Crippen LogP contribution in [0.2, 0.25) is 0 Å². The average molecular weight is 173 g/mol. The second-order valence-electron chi connectivity index (χ2n) is 3.53. The van der Waals surface area contributed by atoms with Gasteiger partial charge in [0.15, 0.2) is 0 Å². The molecule has 12 heavy (non-hydrogen) atoms. The first-order valence-corrected chi connectivity index (χ1v) is 4.07. The van der Waals surface area contributed by atoms with Gasteiger partial charge >= 0.3 is 6.09 Å². The molecule has 0 aromatic rings. The highest BCUT2D eigenvalue weighted by Gasteiger charge is 2.14. The molecule has 1 radical (unpaired) electrons. The van der Waals surface area contributed by atoms with E-state index >= 15 is 0 Å². The normalized spacial score (nSPS) is 11.0. The Morgan fingerprint density at radius 3 is 2.50 bits per heavy atom. The first-order chi connectivity index (χ1) is 5.45. The molecule has 0 fully saturated rings. The van der Waals surface area contributed by atoms with Crippen molar-refractivity contribution in [2.45, 2.75) is 32.8 Å². The van der Waals surface area contributed by atoms with Crippen LogP contribution in [0.1, 0.15) is 27.2 Å². The number of alkyl carbamates (subject to hydrolysis) is 1. The average Bonchev–Trinajstić information content (AvgIpc) is 1.84. The first kappa shape index (κ1) is 11.2. The van der Waals surface area contributed by atoms with Gasteiger partial charge in [-0.05, 0) is 27.2 Å². The van der Waals surface area contributed by atoms with Gasteiger partial charge in [0.05, 0.1) is 0 Å². The zero-order valence-corrected chi connectivity index (χ0v) is 7.94. The van der Waals surface area contributed by atoms with Gasteiger partial charge in [-0.15, -0.1) is 0 Å². The summed E-state index contributed by atoms with van der Waals surface area (Å²) < 4.78 is 4.97. The van der Waals surface area contributed by atoms with Crippen LogP contribution in [0.15, 0.2) is 0 Å². The molecule has 71 valence electrons. The smallest absolute Gasteiger partial charge is 0.407 e. The maximum absolute atomic E-state index is 10.9. The van der Waals surface area contributed by atoms with Gasteiger partial charge in [0.1, 0.15) is 5.60 Å². The predicted octanol–water partition coefficient (Wildman–Crippen LogP) is 1.18. The highest BCUT2D eigenvalue weighted by atomic mass is 16.6. The highest BCUT2D eigenvalue weighted by Crippen LogP contribution is 2.05. The molecule has 0 rings (SSSR count). The van der Waals surface area contributed by atoms with Gasteiger partial charge in [-0.1, -0.05) is 0 Å². The van der Waals surface area contributed by atoms with Crippen LogP contribution in [-0.4, -0.2) is 24.8 Å². The van der Waals surface area contributed by atoms with Gasteiger partial charge in [-0.3, -0.25) is 5.73 Å². The van der Waals surface area contributed by atoms with Crippen LogP contribution in [0.5, 0.6) is 0 Å². The van der Waals surface area contributed by atoms with Crippen molar-refractivity contribution in [3.05, 3.63) is 0 Å². The summed E-state index contributed by atoms with van der Waals surface area (Å²) >= 11 is 0. The lowest BCUT2D eigenvalue weighted by Crippen LogP contribution is -2.33. The lowest BCUT2D eigenvalue weighted by Gasteiger charge is -2.19. The first-order valence-electron chi connectivity index (χ1n) is 4.07. The maximum Gasteiger partial charge on any atom is 0.407 e. The quantitative estimate of drug-likeness (QED) is 0.651. The molecular formula is C8H17N2O2. The second kappa shape index (κ2) is 4.98. The molecular weight excluding hydrogens is 156 g/mol. The molecule has 0 aromatic heterocycles. The van der Waals surface area contributed by atoms with Crippen molar-refractivity contribution in [2.24, 2.45) is 0 Å². The van der Waals surface area contributed by atoms with Crippen LogP contribution >= 0.6 is 0 Å². The van der Waals surface area contributed by atoms with Crippen LogP contribution in [0, 0.1) is 0 Å². The van der Waals surface area contributed by atoms with E-state index in [2.05, 4.69) is 5.32 Å². The van der Waals surface area contributed by atoms with E-state index in [0.29, 0.717) is 19.5 Å². The Labute approximate surface area is 73.5 Å². The summed E-state index contributed by atoms with van der Waals surface area (Å²) in [5.41, 5.74) is 6.40. The monoisotopic (exact) mass is 173 g/mol. The summed E-state index contributed by atoms with van der Waals surface area (Å²) in [6.45, 7) is 6.29. The molecule has 0 bridgehead atoms. The van der Waals surface area contributed by atoms with Crippen LogP contribution < -0.4 is 11.1 Å². The molecule has 0 saturated carbocycles. The van der Waals surface area contributed by atoms with Gasteiger partial charge in [0.25, 0.3) is 0 Å². The zero-order valence-electron chi connectivity index (χ0n) is 7.94. The van der Waals surface area contributed by atoms with Crippen molar-refractivity contribution >= 4 is 6.09 Å². The van der Waals surface area contributed by atoms with E-state index in [4.69, 9.17) is 10.5 Å². The van der Waals surface area contributed by atoms with E-state index in [-0.39, 0.29) is 0 Å². The van der Waals surface area contributed by atoms with Crippen molar-refractivity contribution in [1.29, 1.82) is 0 Å². The Morgan fingerprint density at radius 1 is 1.50 bits per heavy atom. The standard InChI is InChI=1S/C8H17N2O2/c1-8(2,3)12-7(11)10-6-4-5-9/h9H,4-6H2,1-3H3,(H,10,11). The number of carbonyl (C=O) groups excluding carboxylic acids is 1. The molecule has 1 amide bonds. The van der Waals surface area contributed by atoms with E-state index in [1.54, 1.807) is 0 Å². The van der Waals surface area contributed by atoms with Gasteiger partial charge in [-0.2, -0.15) is 0 Å². The molecule has 0 unspecified atom stereocenters. The molecule has 0 saturated heterocycles. The molecule has 0 atom stereocenters. The van der Waals surface area contributed by atoms with E-state index in [0.717, 1.165) is 0 Å². The highest BCUT2D eigenvalue weighted by molar-refractivity contribution is 5.67. The molecule has 0 aliphatic rings. The molecule has 4 nitrogen and oxygen atoms in total. The van der Waals surface area contributed by atoms with Crippen molar-refractivity contribution < 1.29 is 9.53 Å². The molecule has 0 spiro atoms. The van der Waals surface area contributed by atoms with Crippen molar-refractivity contribution in [2.75, 3.05) is 13.1 Å². The maximum atomic E-state index is 10.9. The number of hydrogen-bond acceptors (Lipinski definition) is 2. The number of ether oxygens (including phenoxy) is 1. The third-order valence-electron chi connectivity index (χ3n) is 1.02. The fourth-order valence-corrected chi connectivity index (χ4v) is 0.593. The fourth-order valence-electron chi connectivity index (χ4n) is 0.593. The third kappa shape index (κ3) is 7.34. The number of amides is 1. The van der Waals surface area contributed by atoms with Crippen molar-refractivity contribution in [1.82, 2.24) is 11.1 Å². The minimum absolute atomic E-state index is 0.329. The minimum Gasteiger partial charge on any atom is -0.444 e. The van der Waals surface area contributed by atoms with E-state index < -0.39 is 11.7 Å². The summed E-state index contributed by atoms with van der Waals surface area (Å²) in [5, 5.41) is 2.56. The van der Waals surface area contributed by atoms with Crippen molar-refractivity contribution in [3.8, 4) is 0 Å². The fraction of sp³-hybridized carbons (Fsp3) is 0.875. The topological polar surface area (TPSA) is 62.1 Å². The van der Waals surface area contributed by atoms with Crippen molar-refractivity contribution in [3.63, 3.8) is 0 Å². The summed E-state index contributed by atoms with van der Waals surface area (Å²) in [4.78, 5) is 10.9. The van der Waals surface area contributed by atoms with Crippen LogP contribution in [0.25, 0.3) is 0 Å². The molecule has 0 aliphatic heterocycles. The third-order valence-corrected chi connectivity index (χ3v) is 1.02. The second-order valence-corrected chi connectivity index (χ2v) is 3.53.